The zero-order valence-electron chi connectivity index (χ0n) is 10.9. The fraction of sp³-hybridized carbons (Fsp3) is 0.636. The Hall–Kier alpha value is -0.920. The van der Waals surface area contributed by atoms with Crippen LogP contribution in [-0.2, 0) is 11.3 Å². The van der Waals surface area contributed by atoms with Crippen molar-refractivity contribution < 1.29 is 4.74 Å². The fourth-order valence-electron chi connectivity index (χ4n) is 1.30. The van der Waals surface area contributed by atoms with Gasteiger partial charge < -0.3 is 15.8 Å². The van der Waals surface area contributed by atoms with Gasteiger partial charge in [0, 0.05) is 19.2 Å². The van der Waals surface area contributed by atoms with E-state index in [4.69, 9.17) is 10.5 Å². The Labute approximate surface area is 115 Å². The lowest BCUT2D eigenvalue weighted by Crippen LogP contribution is -2.40. The molecule has 0 aliphatic carbocycles. The SMILES string of the molecule is COCCn1ncc(NC(C)(C)CN)c(Br)c1=O. The quantitative estimate of drug-likeness (QED) is 0.810. The summed E-state index contributed by atoms with van der Waals surface area (Å²) in [6.07, 6.45) is 1.61. The normalized spacial score (nSPS) is 11.6. The summed E-state index contributed by atoms with van der Waals surface area (Å²) in [7, 11) is 1.58. The van der Waals surface area contributed by atoms with Crippen LogP contribution >= 0.6 is 15.9 Å². The second kappa shape index (κ2) is 6.31. The molecule has 0 amide bonds. The Kier molecular flexibility index (Phi) is 5.30. The first kappa shape index (κ1) is 15.1. The Morgan fingerprint density at radius 1 is 1.61 bits per heavy atom. The highest BCUT2D eigenvalue weighted by Gasteiger charge is 2.18. The van der Waals surface area contributed by atoms with E-state index in [0.29, 0.717) is 29.9 Å². The highest BCUT2D eigenvalue weighted by atomic mass is 79.9. The molecule has 0 saturated carbocycles. The first-order valence-electron chi connectivity index (χ1n) is 5.64. The number of nitrogens with two attached hydrogens (primary N) is 1. The zero-order valence-corrected chi connectivity index (χ0v) is 12.5. The third-order valence-electron chi connectivity index (χ3n) is 2.48. The van der Waals surface area contributed by atoms with Gasteiger partial charge in [-0.05, 0) is 29.8 Å². The number of hydrogen-bond donors (Lipinski definition) is 2. The average molecular weight is 319 g/mol. The lowest BCUT2D eigenvalue weighted by molar-refractivity contribution is 0.181. The maximum absolute atomic E-state index is 12.0. The van der Waals surface area contributed by atoms with Crippen LogP contribution in [0.25, 0.3) is 0 Å². The highest BCUT2D eigenvalue weighted by Crippen LogP contribution is 2.20. The Morgan fingerprint density at radius 2 is 2.28 bits per heavy atom. The summed E-state index contributed by atoms with van der Waals surface area (Å²) < 4.78 is 6.73. The Bertz CT molecular complexity index is 459. The van der Waals surface area contributed by atoms with E-state index in [1.807, 2.05) is 13.8 Å². The van der Waals surface area contributed by atoms with Crippen LogP contribution in [0.15, 0.2) is 15.5 Å². The second-order valence-electron chi connectivity index (χ2n) is 4.61. The van der Waals surface area contributed by atoms with Crippen molar-refractivity contribution in [2.24, 2.45) is 5.73 Å². The molecule has 0 radical (unpaired) electrons. The van der Waals surface area contributed by atoms with Crippen molar-refractivity contribution in [3.63, 3.8) is 0 Å². The number of aromatic nitrogens is 2. The maximum Gasteiger partial charge on any atom is 0.283 e. The standard InChI is InChI=1S/C11H19BrN4O2/c1-11(2,7-13)15-8-6-14-16(4-5-18-3)10(17)9(8)12/h6,15H,4-5,7,13H2,1-3H3. The van der Waals surface area contributed by atoms with Crippen molar-refractivity contribution in [3.8, 4) is 0 Å². The van der Waals surface area contributed by atoms with Crippen molar-refractivity contribution in [2.45, 2.75) is 25.9 Å². The van der Waals surface area contributed by atoms with Gasteiger partial charge in [0.25, 0.3) is 5.56 Å². The first-order valence-corrected chi connectivity index (χ1v) is 6.43. The van der Waals surface area contributed by atoms with E-state index in [1.54, 1.807) is 13.3 Å². The van der Waals surface area contributed by atoms with Gasteiger partial charge >= 0.3 is 0 Å². The van der Waals surface area contributed by atoms with E-state index in [-0.39, 0.29) is 11.1 Å². The number of halogens is 1. The molecule has 1 aromatic heterocycles. The lowest BCUT2D eigenvalue weighted by Gasteiger charge is -2.26. The molecule has 102 valence electrons. The van der Waals surface area contributed by atoms with E-state index in [1.165, 1.54) is 4.68 Å². The molecule has 0 bridgehead atoms. The van der Waals surface area contributed by atoms with Crippen LogP contribution in [0.3, 0.4) is 0 Å². The smallest absolute Gasteiger partial charge is 0.283 e. The number of nitrogens with zero attached hydrogens (tertiary/aromatic N) is 2. The molecule has 0 fully saturated rings. The van der Waals surface area contributed by atoms with Crippen molar-refractivity contribution in [3.05, 3.63) is 21.0 Å². The summed E-state index contributed by atoms with van der Waals surface area (Å²) in [4.78, 5) is 12.0. The number of rotatable bonds is 6. The van der Waals surface area contributed by atoms with Crippen LogP contribution in [-0.4, -0.2) is 35.6 Å². The number of methoxy groups -OCH3 is 1. The molecule has 0 aromatic carbocycles. The third kappa shape index (κ3) is 3.79. The molecule has 0 saturated heterocycles. The molecule has 0 atom stereocenters. The third-order valence-corrected chi connectivity index (χ3v) is 3.24. The van der Waals surface area contributed by atoms with E-state index in [0.717, 1.165) is 0 Å². The van der Waals surface area contributed by atoms with Gasteiger partial charge in [-0.3, -0.25) is 4.79 Å². The fourth-order valence-corrected chi connectivity index (χ4v) is 1.71. The molecule has 0 aliphatic heterocycles. The zero-order chi connectivity index (χ0) is 13.8. The summed E-state index contributed by atoms with van der Waals surface area (Å²) >= 11 is 3.29. The molecular formula is C11H19BrN4O2. The molecule has 3 N–H and O–H groups in total. The van der Waals surface area contributed by atoms with Gasteiger partial charge in [-0.25, -0.2) is 4.68 Å². The number of hydrogen-bond acceptors (Lipinski definition) is 5. The predicted octanol–water partition coefficient (Wildman–Crippen LogP) is 0.801. The molecule has 7 heteroatoms. The lowest BCUT2D eigenvalue weighted by atomic mass is 10.1. The van der Waals surface area contributed by atoms with Crippen molar-refractivity contribution in [1.29, 1.82) is 0 Å². The minimum absolute atomic E-state index is 0.190. The van der Waals surface area contributed by atoms with Crippen molar-refractivity contribution in [2.75, 3.05) is 25.6 Å². The van der Waals surface area contributed by atoms with Crippen molar-refractivity contribution in [1.82, 2.24) is 9.78 Å². The van der Waals surface area contributed by atoms with Crippen LogP contribution in [0, 0.1) is 0 Å². The minimum atomic E-state index is -0.296. The summed E-state index contributed by atoms with van der Waals surface area (Å²) in [5, 5.41) is 7.27. The largest absolute Gasteiger partial charge is 0.383 e. The predicted molar refractivity (Wildman–Crippen MR) is 74.8 cm³/mol. The summed E-state index contributed by atoms with van der Waals surface area (Å²) in [5.74, 6) is 0. The number of anilines is 1. The molecular weight excluding hydrogens is 300 g/mol. The molecule has 6 nitrogen and oxygen atoms in total. The Balaban J connectivity index is 2.98. The average Bonchev–Trinajstić information content (AvgIpc) is 2.34. The monoisotopic (exact) mass is 318 g/mol. The number of nitrogens with one attached hydrogen (secondary N) is 1. The van der Waals surface area contributed by atoms with Gasteiger partial charge in [-0.1, -0.05) is 0 Å². The minimum Gasteiger partial charge on any atom is -0.383 e. The number of ether oxygens (including phenoxy) is 1. The van der Waals surface area contributed by atoms with E-state index >= 15 is 0 Å². The topological polar surface area (TPSA) is 82.2 Å². The molecule has 18 heavy (non-hydrogen) atoms. The molecule has 1 aromatic rings. The molecule has 0 unspecified atom stereocenters. The van der Waals surface area contributed by atoms with Crippen molar-refractivity contribution >= 4 is 21.6 Å². The van der Waals surface area contributed by atoms with Crippen LogP contribution in [0.1, 0.15) is 13.8 Å². The van der Waals surface area contributed by atoms with Gasteiger partial charge in [-0.2, -0.15) is 5.10 Å². The van der Waals surface area contributed by atoms with Gasteiger partial charge in [-0.15, -0.1) is 0 Å². The van der Waals surface area contributed by atoms with Gasteiger partial charge in [0.2, 0.25) is 0 Å². The summed E-state index contributed by atoms with van der Waals surface area (Å²) in [6.45, 7) is 5.23. The molecule has 0 spiro atoms. The van der Waals surface area contributed by atoms with Gasteiger partial charge in [0.1, 0.15) is 4.47 Å². The van der Waals surface area contributed by atoms with Crippen LogP contribution in [0.2, 0.25) is 0 Å². The van der Waals surface area contributed by atoms with E-state index in [2.05, 4.69) is 26.3 Å². The maximum atomic E-state index is 12.0. The van der Waals surface area contributed by atoms with Gasteiger partial charge in [0.05, 0.1) is 25.0 Å². The van der Waals surface area contributed by atoms with Crippen LogP contribution in [0.4, 0.5) is 5.69 Å². The molecule has 1 heterocycles. The highest BCUT2D eigenvalue weighted by molar-refractivity contribution is 9.10. The molecule has 1 rings (SSSR count). The molecule has 0 aliphatic rings. The van der Waals surface area contributed by atoms with Crippen LogP contribution < -0.4 is 16.6 Å². The first-order chi connectivity index (χ1) is 8.41. The van der Waals surface area contributed by atoms with E-state index < -0.39 is 0 Å². The Morgan fingerprint density at radius 3 is 2.83 bits per heavy atom. The van der Waals surface area contributed by atoms with E-state index in [9.17, 15) is 4.79 Å². The summed E-state index contributed by atoms with van der Waals surface area (Å²) in [6, 6.07) is 0. The van der Waals surface area contributed by atoms with Gasteiger partial charge in [0.15, 0.2) is 0 Å². The summed E-state index contributed by atoms with van der Waals surface area (Å²) in [5.41, 5.74) is 5.80. The second-order valence-corrected chi connectivity index (χ2v) is 5.40. The van der Waals surface area contributed by atoms with Crippen LogP contribution in [0.5, 0.6) is 0 Å².